The molecule has 0 bridgehead atoms. The summed E-state index contributed by atoms with van der Waals surface area (Å²) in [6.45, 7) is 5.87. The van der Waals surface area contributed by atoms with Crippen molar-refractivity contribution in [3.63, 3.8) is 0 Å². The number of carbonyl (C=O) groups is 1. The molecule has 0 aliphatic carbocycles. The topological polar surface area (TPSA) is 29.1 Å². The van der Waals surface area contributed by atoms with Crippen LogP contribution in [-0.4, -0.2) is 5.91 Å². The van der Waals surface area contributed by atoms with Crippen molar-refractivity contribution in [2.24, 2.45) is 0 Å². The third kappa shape index (κ3) is 2.90. The lowest BCUT2D eigenvalue weighted by Crippen LogP contribution is -2.20. The number of allylic oxidation sites excluding steroid dienone is 4. The van der Waals surface area contributed by atoms with Crippen LogP contribution in [0.15, 0.2) is 36.1 Å². The highest BCUT2D eigenvalue weighted by Gasteiger charge is 2.12. The second kappa shape index (κ2) is 4.65. The molecule has 1 N–H and O–H groups in total. The number of nitrogens with one attached hydrogen (secondary N) is 1. The maximum absolute atomic E-state index is 11.2. The molecule has 1 rings (SSSR count). The number of hydrogen-bond donors (Lipinski definition) is 1. The molecule has 1 amide bonds. The number of amides is 1. The molecule has 0 aromatic heterocycles. The first kappa shape index (κ1) is 9.78. The lowest BCUT2D eigenvalue weighted by atomic mass is 10.1. The second-order valence-corrected chi connectivity index (χ2v) is 3.11. The maximum atomic E-state index is 11.2. The molecule has 0 unspecified atom stereocenters. The molecule has 2 nitrogen and oxygen atoms in total. The van der Waals surface area contributed by atoms with E-state index in [2.05, 4.69) is 11.9 Å². The van der Waals surface area contributed by atoms with Gasteiger partial charge in [-0.1, -0.05) is 18.7 Å². The van der Waals surface area contributed by atoms with Gasteiger partial charge in [0.25, 0.3) is 0 Å². The Morgan fingerprint density at radius 3 is 2.92 bits per heavy atom. The van der Waals surface area contributed by atoms with Gasteiger partial charge < -0.3 is 5.32 Å². The summed E-state index contributed by atoms with van der Waals surface area (Å²) in [4.78, 5) is 11.2. The van der Waals surface area contributed by atoms with Gasteiger partial charge in [0.2, 0.25) is 5.91 Å². The Labute approximate surface area is 79.0 Å². The van der Waals surface area contributed by atoms with Crippen molar-refractivity contribution < 1.29 is 4.79 Å². The summed E-state index contributed by atoms with van der Waals surface area (Å²) in [7, 11) is 0. The molecule has 1 aliphatic rings. The third-order valence-electron chi connectivity index (χ3n) is 1.99. The molecular weight excluding hydrogens is 162 g/mol. The zero-order valence-corrected chi connectivity index (χ0v) is 7.97. The van der Waals surface area contributed by atoms with E-state index < -0.39 is 0 Å². The molecule has 0 radical (unpaired) electrons. The van der Waals surface area contributed by atoms with Gasteiger partial charge in [-0.2, -0.15) is 0 Å². The van der Waals surface area contributed by atoms with Crippen molar-refractivity contribution in [3.05, 3.63) is 36.1 Å². The summed E-state index contributed by atoms with van der Waals surface area (Å²) in [5.74, 6) is 0.0920. The highest BCUT2D eigenvalue weighted by Crippen LogP contribution is 2.17. The molecule has 1 saturated heterocycles. The molecule has 0 saturated carbocycles. The number of rotatable bonds is 1. The van der Waals surface area contributed by atoms with Gasteiger partial charge in [-0.25, -0.2) is 0 Å². The first-order valence-corrected chi connectivity index (χ1v) is 4.55. The average Bonchev–Trinajstić information content (AvgIpc) is 2.25. The van der Waals surface area contributed by atoms with Gasteiger partial charge in [0.15, 0.2) is 0 Å². The van der Waals surface area contributed by atoms with Crippen LogP contribution >= 0.6 is 0 Å². The van der Waals surface area contributed by atoms with E-state index in [9.17, 15) is 4.79 Å². The van der Waals surface area contributed by atoms with Crippen LogP contribution in [0.4, 0.5) is 0 Å². The van der Waals surface area contributed by atoms with Crippen LogP contribution in [0.2, 0.25) is 0 Å². The van der Waals surface area contributed by atoms with Gasteiger partial charge in [0.1, 0.15) is 0 Å². The molecule has 2 heteroatoms. The molecule has 13 heavy (non-hydrogen) atoms. The van der Waals surface area contributed by atoms with E-state index in [1.165, 1.54) is 0 Å². The lowest BCUT2D eigenvalue weighted by Gasteiger charge is -2.05. The summed E-state index contributed by atoms with van der Waals surface area (Å²) >= 11 is 0. The summed E-state index contributed by atoms with van der Waals surface area (Å²) in [5.41, 5.74) is 1.88. The Morgan fingerprint density at radius 1 is 1.46 bits per heavy atom. The first-order chi connectivity index (χ1) is 6.24. The zero-order valence-electron chi connectivity index (χ0n) is 7.97. The van der Waals surface area contributed by atoms with Crippen LogP contribution in [-0.2, 0) is 4.79 Å². The SMILES string of the molecule is C=C1CCCC(=O)N/C1=C/C=C\C. The molecule has 0 aromatic carbocycles. The molecule has 1 fully saturated rings. The number of hydrogen-bond acceptors (Lipinski definition) is 1. The smallest absolute Gasteiger partial charge is 0.224 e. The van der Waals surface area contributed by atoms with Crippen LogP contribution in [0.5, 0.6) is 0 Å². The molecular formula is C11H15NO. The third-order valence-corrected chi connectivity index (χ3v) is 1.99. The fourth-order valence-electron chi connectivity index (χ4n) is 1.25. The van der Waals surface area contributed by atoms with Crippen molar-refractivity contribution in [1.29, 1.82) is 0 Å². The molecule has 0 spiro atoms. The molecule has 0 atom stereocenters. The van der Waals surface area contributed by atoms with Crippen molar-refractivity contribution in [2.45, 2.75) is 26.2 Å². The van der Waals surface area contributed by atoms with Gasteiger partial charge in [-0.15, -0.1) is 0 Å². The van der Waals surface area contributed by atoms with E-state index in [4.69, 9.17) is 0 Å². The van der Waals surface area contributed by atoms with E-state index in [1.54, 1.807) is 0 Å². The fraction of sp³-hybridized carbons (Fsp3) is 0.364. The normalized spacial score (nSPS) is 22.1. The quantitative estimate of drug-likeness (QED) is 0.654. The highest BCUT2D eigenvalue weighted by molar-refractivity contribution is 5.79. The molecule has 0 aromatic rings. The van der Waals surface area contributed by atoms with E-state index in [0.717, 1.165) is 24.1 Å². The fourth-order valence-corrected chi connectivity index (χ4v) is 1.25. The van der Waals surface area contributed by atoms with Crippen molar-refractivity contribution in [3.8, 4) is 0 Å². The second-order valence-electron chi connectivity index (χ2n) is 3.11. The Hall–Kier alpha value is -1.31. The summed E-state index contributed by atoms with van der Waals surface area (Å²) < 4.78 is 0. The average molecular weight is 177 g/mol. The minimum atomic E-state index is 0.0920. The van der Waals surface area contributed by atoms with Gasteiger partial charge in [0.05, 0.1) is 0 Å². The zero-order chi connectivity index (χ0) is 9.68. The Morgan fingerprint density at radius 2 is 2.23 bits per heavy atom. The Bertz CT molecular complexity index is 274. The minimum Gasteiger partial charge on any atom is -0.326 e. The van der Waals surface area contributed by atoms with Crippen LogP contribution in [0.3, 0.4) is 0 Å². The molecule has 70 valence electrons. The van der Waals surface area contributed by atoms with Crippen molar-refractivity contribution >= 4 is 5.91 Å². The van der Waals surface area contributed by atoms with Gasteiger partial charge >= 0.3 is 0 Å². The summed E-state index contributed by atoms with van der Waals surface area (Å²) in [6.07, 6.45) is 8.14. The Kier molecular flexibility index (Phi) is 3.50. The van der Waals surface area contributed by atoms with Crippen LogP contribution < -0.4 is 5.32 Å². The van der Waals surface area contributed by atoms with Crippen molar-refractivity contribution in [1.82, 2.24) is 5.32 Å². The van der Waals surface area contributed by atoms with Crippen LogP contribution in [0.25, 0.3) is 0 Å². The highest BCUT2D eigenvalue weighted by atomic mass is 16.1. The predicted octanol–water partition coefficient (Wildman–Crippen LogP) is 2.30. The monoisotopic (exact) mass is 177 g/mol. The lowest BCUT2D eigenvalue weighted by molar-refractivity contribution is -0.120. The summed E-state index contributed by atoms with van der Waals surface area (Å²) in [5, 5.41) is 2.83. The standard InChI is InChI=1S/C11H15NO/c1-3-4-7-10-9(2)6-5-8-11(13)12-10/h3-4,7H,2,5-6,8H2,1H3,(H,12,13)/b4-3-,10-7+. The predicted molar refractivity (Wildman–Crippen MR) is 54.0 cm³/mol. The summed E-state index contributed by atoms with van der Waals surface area (Å²) in [6, 6.07) is 0. The van der Waals surface area contributed by atoms with E-state index in [1.807, 2.05) is 25.2 Å². The number of carbonyl (C=O) groups excluding carboxylic acids is 1. The first-order valence-electron chi connectivity index (χ1n) is 4.55. The van der Waals surface area contributed by atoms with E-state index >= 15 is 0 Å². The molecule has 1 heterocycles. The maximum Gasteiger partial charge on any atom is 0.224 e. The van der Waals surface area contributed by atoms with Gasteiger partial charge in [0, 0.05) is 12.1 Å². The minimum absolute atomic E-state index is 0.0920. The van der Waals surface area contributed by atoms with Gasteiger partial charge in [-0.05, 0) is 31.4 Å². The van der Waals surface area contributed by atoms with Crippen LogP contribution in [0, 0.1) is 0 Å². The van der Waals surface area contributed by atoms with E-state index in [0.29, 0.717) is 6.42 Å². The van der Waals surface area contributed by atoms with Gasteiger partial charge in [-0.3, -0.25) is 4.79 Å². The Balaban J connectivity index is 2.78. The molecule has 1 aliphatic heterocycles. The van der Waals surface area contributed by atoms with Crippen molar-refractivity contribution in [2.75, 3.05) is 0 Å². The largest absolute Gasteiger partial charge is 0.326 e. The van der Waals surface area contributed by atoms with Crippen LogP contribution in [0.1, 0.15) is 26.2 Å². The van der Waals surface area contributed by atoms with E-state index in [-0.39, 0.29) is 5.91 Å².